The van der Waals surface area contributed by atoms with Gasteiger partial charge in [-0.1, -0.05) is 35.5 Å². The molecule has 1 N–H and O–H groups in total. The van der Waals surface area contributed by atoms with Gasteiger partial charge in [0, 0.05) is 5.56 Å². The van der Waals surface area contributed by atoms with Crippen molar-refractivity contribution in [2.75, 3.05) is 0 Å². The lowest BCUT2D eigenvalue weighted by Crippen LogP contribution is -2.14. The Morgan fingerprint density at radius 1 is 1.38 bits per heavy atom. The number of hydrogen-bond donors (Lipinski definition) is 1. The molecule has 0 aliphatic heterocycles. The Morgan fingerprint density at radius 2 is 2.12 bits per heavy atom. The average Bonchev–Trinajstić information content (AvgIpc) is 2.73. The Hall–Kier alpha value is -2.24. The Balaban J connectivity index is 2.20. The van der Waals surface area contributed by atoms with Gasteiger partial charge in [0.15, 0.2) is 5.82 Å². The summed E-state index contributed by atoms with van der Waals surface area (Å²) in [5, 5.41) is 23.8. The fourth-order valence-corrected chi connectivity index (χ4v) is 1.34. The Bertz CT molecular complexity index is 491. The molecule has 1 aromatic carbocycles. The van der Waals surface area contributed by atoms with Crippen molar-refractivity contribution >= 4 is 5.71 Å². The molecule has 0 radical (unpaired) electrons. The van der Waals surface area contributed by atoms with E-state index in [0.29, 0.717) is 18.1 Å². The second-order valence-electron chi connectivity index (χ2n) is 3.28. The van der Waals surface area contributed by atoms with Crippen LogP contribution in [0.4, 0.5) is 0 Å². The summed E-state index contributed by atoms with van der Waals surface area (Å²) in [6, 6.07) is 9.37. The molecule has 0 aliphatic rings. The maximum Gasteiger partial charge on any atom is 0.171 e. The predicted molar refractivity (Wildman–Crippen MR) is 57.3 cm³/mol. The molecule has 1 aromatic heterocycles. The van der Waals surface area contributed by atoms with Gasteiger partial charge in [0.2, 0.25) is 0 Å². The smallest absolute Gasteiger partial charge is 0.171 e. The van der Waals surface area contributed by atoms with Crippen LogP contribution in [0.5, 0.6) is 0 Å². The van der Waals surface area contributed by atoms with Crippen LogP contribution in [-0.2, 0) is 6.54 Å². The van der Waals surface area contributed by atoms with Gasteiger partial charge in [-0.15, -0.1) is 10.2 Å². The Morgan fingerprint density at radius 3 is 2.69 bits per heavy atom. The molecule has 2 aromatic rings. The van der Waals surface area contributed by atoms with Gasteiger partial charge in [-0.2, -0.15) is 4.80 Å². The lowest BCUT2D eigenvalue weighted by atomic mass is 10.1. The van der Waals surface area contributed by atoms with E-state index in [0.717, 1.165) is 5.56 Å². The van der Waals surface area contributed by atoms with E-state index >= 15 is 0 Å². The van der Waals surface area contributed by atoms with Crippen molar-refractivity contribution < 1.29 is 5.21 Å². The third kappa shape index (κ3) is 2.22. The first-order chi connectivity index (χ1) is 7.79. The van der Waals surface area contributed by atoms with Crippen LogP contribution in [0.2, 0.25) is 0 Å². The van der Waals surface area contributed by atoms with E-state index in [1.54, 1.807) is 6.92 Å². The van der Waals surface area contributed by atoms with E-state index < -0.39 is 0 Å². The number of rotatable bonds is 3. The first-order valence-corrected chi connectivity index (χ1v) is 4.80. The van der Waals surface area contributed by atoms with Gasteiger partial charge in [-0.05, 0) is 12.1 Å². The Labute approximate surface area is 92.2 Å². The third-order valence-corrected chi connectivity index (χ3v) is 2.07. The molecule has 0 saturated heterocycles. The minimum absolute atomic E-state index is 0.293. The summed E-state index contributed by atoms with van der Waals surface area (Å²) in [5.41, 5.74) is 1.33. The largest absolute Gasteiger partial charge is 0.411 e. The van der Waals surface area contributed by atoms with E-state index in [1.807, 2.05) is 30.3 Å². The lowest BCUT2D eigenvalue weighted by molar-refractivity contribution is 0.316. The zero-order valence-corrected chi connectivity index (χ0v) is 8.78. The van der Waals surface area contributed by atoms with Crippen LogP contribution in [-0.4, -0.2) is 31.1 Å². The summed E-state index contributed by atoms with van der Waals surface area (Å²) < 4.78 is 0. The van der Waals surface area contributed by atoms with Gasteiger partial charge in [0.1, 0.15) is 12.3 Å². The molecule has 1 heterocycles. The first-order valence-electron chi connectivity index (χ1n) is 4.80. The molecule has 0 atom stereocenters. The van der Waals surface area contributed by atoms with Crippen LogP contribution >= 0.6 is 0 Å². The molecular weight excluding hydrogens is 206 g/mol. The van der Waals surface area contributed by atoms with Gasteiger partial charge in [-0.3, -0.25) is 0 Å². The highest BCUT2D eigenvalue weighted by Crippen LogP contribution is 2.02. The van der Waals surface area contributed by atoms with Crippen LogP contribution in [0, 0.1) is 6.92 Å². The molecule has 0 bridgehead atoms. The molecule has 0 fully saturated rings. The normalized spacial score (nSPS) is 11.7. The highest BCUT2D eigenvalue weighted by molar-refractivity contribution is 5.99. The molecule has 6 nitrogen and oxygen atoms in total. The standard InChI is InChI=1S/C10H11N5O/c1-8-11-14-15(12-8)7-10(13-16)9-5-3-2-4-6-9/h2-6,16H,7H2,1H3/b13-10+. The summed E-state index contributed by atoms with van der Waals surface area (Å²) in [4.78, 5) is 1.39. The van der Waals surface area contributed by atoms with Crippen molar-refractivity contribution in [1.29, 1.82) is 0 Å². The molecule has 16 heavy (non-hydrogen) atoms. The zero-order valence-electron chi connectivity index (χ0n) is 8.78. The minimum Gasteiger partial charge on any atom is -0.411 e. The van der Waals surface area contributed by atoms with Gasteiger partial charge in [-0.25, -0.2) is 0 Å². The van der Waals surface area contributed by atoms with E-state index in [2.05, 4.69) is 20.6 Å². The maximum atomic E-state index is 8.95. The second-order valence-corrected chi connectivity index (χ2v) is 3.28. The van der Waals surface area contributed by atoms with Gasteiger partial charge in [0.05, 0.1) is 0 Å². The van der Waals surface area contributed by atoms with Crippen LogP contribution < -0.4 is 0 Å². The molecule has 6 heteroatoms. The average molecular weight is 217 g/mol. The fraction of sp³-hybridized carbons (Fsp3) is 0.200. The van der Waals surface area contributed by atoms with E-state index in [4.69, 9.17) is 5.21 Å². The van der Waals surface area contributed by atoms with Crippen LogP contribution in [0.3, 0.4) is 0 Å². The SMILES string of the molecule is Cc1nnn(C/C(=N\O)c2ccccc2)n1. The number of oxime groups is 1. The molecule has 0 spiro atoms. The highest BCUT2D eigenvalue weighted by Gasteiger charge is 2.07. The quantitative estimate of drug-likeness (QED) is 0.470. The number of aryl methyl sites for hydroxylation is 1. The van der Waals surface area contributed by atoms with Crippen molar-refractivity contribution in [3.63, 3.8) is 0 Å². The molecular formula is C10H11N5O. The highest BCUT2D eigenvalue weighted by atomic mass is 16.4. The number of nitrogens with zero attached hydrogens (tertiary/aromatic N) is 5. The number of tetrazole rings is 1. The molecule has 82 valence electrons. The summed E-state index contributed by atoms with van der Waals surface area (Å²) >= 11 is 0. The first kappa shape index (κ1) is 10.3. The van der Waals surface area contributed by atoms with Crippen molar-refractivity contribution in [1.82, 2.24) is 20.2 Å². The zero-order chi connectivity index (χ0) is 11.4. The number of benzene rings is 1. The predicted octanol–water partition coefficient (Wildman–Crippen LogP) is 0.860. The fourth-order valence-electron chi connectivity index (χ4n) is 1.34. The lowest BCUT2D eigenvalue weighted by Gasteiger charge is -2.02. The number of hydrogen-bond acceptors (Lipinski definition) is 5. The Kier molecular flexibility index (Phi) is 2.90. The molecule has 0 unspecified atom stereocenters. The van der Waals surface area contributed by atoms with Gasteiger partial charge in [0.25, 0.3) is 0 Å². The molecule has 0 saturated carbocycles. The van der Waals surface area contributed by atoms with Crippen LogP contribution in [0.15, 0.2) is 35.5 Å². The van der Waals surface area contributed by atoms with Crippen LogP contribution in [0.1, 0.15) is 11.4 Å². The van der Waals surface area contributed by atoms with Gasteiger partial charge >= 0.3 is 0 Å². The second kappa shape index (κ2) is 4.52. The topological polar surface area (TPSA) is 76.2 Å². The molecule has 0 amide bonds. The summed E-state index contributed by atoms with van der Waals surface area (Å²) in [7, 11) is 0. The van der Waals surface area contributed by atoms with E-state index in [9.17, 15) is 0 Å². The van der Waals surface area contributed by atoms with Crippen LogP contribution in [0.25, 0.3) is 0 Å². The monoisotopic (exact) mass is 217 g/mol. The van der Waals surface area contributed by atoms with E-state index in [-0.39, 0.29) is 0 Å². The van der Waals surface area contributed by atoms with Crippen molar-refractivity contribution in [3.05, 3.63) is 41.7 Å². The maximum absolute atomic E-state index is 8.95. The van der Waals surface area contributed by atoms with Crippen molar-refractivity contribution in [3.8, 4) is 0 Å². The van der Waals surface area contributed by atoms with Crippen molar-refractivity contribution in [2.45, 2.75) is 13.5 Å². The summed E-state index contributed by atoms with van der Waals surface area (Å²) in [5.74, 6) is 0.588. The van der Waals surface area contributed by atoms with Gasteiger partial charge < -0.3 is 5.21 Å². The van der Waals surface area contributed by atoms with E-state index in [1.165, 1.54) is 4.80 Å². The third-order valence-electron chi connectivity index (χ3n) is 2.07. The summed E-state index contributed by atoms with van der Waals surface area (Å²) in [6.45, 7) is 2.04. The van der Waals surface area contributed by atoms with Crippen molar-refractivity contribution in [2.24, 2.45) is 5.16 Å². The molecule has 2 rings (SSSR count). The summed E-state index contributed by atoms with van der Waals surface area (Å²) in [6.07, 6.45) is 0. The molecule has 0 aliphatic carbocycles. The number of aromatic nitrogens is 4. The minimum atomic E-state index is 0.293.